The van der Waals surface area contributed by atoms with Gasteiger partial charge in [0, 0.05) is 17.5 Å². The van der Waals surface area contributed by atoms with Gasteiger partial charge in [0.25, 0.3) is 0 Å². The lowest BCUT2D eigenvalue weighted by Crippen LogP contribution is -2.46. The van der Waals surface area contributed by atoms with E-state index in [0.717, 1.165) is 31.1 Å². The van der Waals surface area contributed by atoms with E-state index >= 15 is 0 Å². The summed E-state index contributed by atoms with van der Waals surface area (Å²) in [5.41, 5.74) is 2.75. The van der Waals surface area contributed by atoms with Crippen LogP contribution in [0.1, 0.15) is 24.5 Å². The Hall–Kier alpha value is -0.510. The van der Waals surface area contributed by atoms with Crippen LogP contribution in [0.5, 0.6) is 0 Å². The van der Waals surface area contributed by atoms with Crippen LogP contribution in [0.2, 0.25) is 0 Å². The first kappa shape index (κ1) is 14.9. The molecule has 1 fully saturated rings. The summed E-state index contributed by atoms with van der Waals surface area (Å²) in [4.78, 5) is 0. The Bertz CT molecular complexity index is 377. The van der Waals surface area contributed by atoms with E-state index in [1.54, 1.807) is 0 Å². The molecule has 0 aromatic heterocycles. The highest BCUT2D eigenvalue weighted by Gasteiger charge is 2.24. The molecule has 0 radical (unpaired) electrons. The van der Waals surface area contributed by atoms with E-state index in [-0.39, 0.29) is 0 Å². The molecule has 1 N–H and O–H groups in total. The van der Waals surface area contributed by atoms with Crippen LogP contribution < -0.4 is 5.32 Å². The maximum atomic E-state index is 5.96. The van der Waals surface area contributed by atoms with Crippen molar-refractivity contribution in [2.24, 2.45) is 0 Å². The summed E-state index contributed by atoms with van der Waals surface area (Å²) in [5, 5.41) is 3.67. The SMILES string of the molecule is CCCNC(Cc1cccc(C)c1)C1CSCCO1. The fourth-order valence-electron chi connectivity index (χ4n) is 2.50. The summed E-state index contributed by atoms with van der Waals surface area (Å²) in [6.45, 7) is 6.34. The van der Waals surface area contributed by atoms with Gasteiger partial charge >= 0.3 is 0 Å². The van der Waals surface area contributed by atoms with Crippen molar-refractivity contribution in [1.29, 1.82) is 0 Å². The van der Waals surface area contributed by atoms with Crippen LogP contribution in [0.3, 0.4) is 0 Å². The van der Waals surface area contributed by atoms with Gasteiger partial charge in [-0.15, -0.1) is 0 Å². The zero-order valence-electron chi connectivity index (χ0n) is 12.0. The normalized spacial score (nSPS) is 21.3. The van der Waals surface area contributed by atoms with E-state index in [2.05, 4.69) is 43.4 Å². The van der Waals surface area contributed by atoms with Gasteiger partial charge < -0.3 is 10.1 Å². The Kier molecular flexibility index (Phi) is 6.21. The third-order valence-corrected chi connectivity index (χ3v) is 4.50. The number of hydrogen-bond donors (Lipinski definition) is 1. The van der Waals surface area contributed by atoms with Crippen molar-refractivity contribution >= 4 is 11.8 Å². The standard InChI is InChI=1S/C16H25NOS/c1-3-7-17-15(16-12-19-9-8-18-16)11-14-6-4-5-13(2)10-14/h4-6,10,15-17H,3,7-9,11-12H2,1-2H3. The first-order valence-corrected chi connectivity index (χ1v) is 8.43. The Morgan fingerprint density at radius 2 is 2.37 bits per heavy atom. The molecule has 1 aromatic rings. The average Bonchev–Trinajstić information content (AvgIpc) is 2.44. The first-order chi connectivity index (χ1) is 9.29. The van der Waals surface area contributed by atoms with Gasteiger partial charge in [0.05, 0.1) is 12.7 Å². The molecule has 2 rings (SSSR count). The van der Waals surface area contributed by atoms with E-state index in [1.807, 2.05) is 11.8 Å². The quantitative estimate of drug-likeness (QED) is 0.865. The van der Waals surface area contributed by atoms with Crippen LogP contribution in [0.15, 0.2) is 24.3 Å². The van der Waals surface area contributed by atoms with Crippen LogP contribution in [-0.4, -0.2) is 36.8 Å². The molecular formula is C16H25NOS. The highest BCUT2D eigenvalue weighted by atomic mass is 32.2. The van der Waals surface area contributed by atoms with Crippen LogP contribution in [0.4, 0.5) is 0 Å². The molecule has 1 saturated heterocycles. The highest BCUT2D eigenvalue weighted by molar-refractivity contribution is 7.99. The molecule has 0 amide bonds. The van der Waals surface area contributed by atoms with E-state index < -0.39 is 0 Å². The van der Waals surface area contributed by atoms with Crippen LogP contribution in [-0.2, 0) is 11.2 Å². The molecule has 2 nitrogen and oxygen atoms in total. The molecule has 0 saturated carbocycles. The summed E-state index contributed by atoms with van der Waals surface area (Å²) in [5.74, 6) is 2.26. The van der Waals surface area contributed by atoms with Crippen LogP contribution >= 0.6 is 11.8 Å². The smallest absolute Gasteiger partial charge is 0.0821 e. The number of nitrogens with one attached hydrogen (secondary N) is 1. The number of thioether (sulfide) groups is 1. The molecule has 106 valence electrons. The van der Waals surface area contributed by atoms with Gasteiger partial charge in [-0.25, -0.2) is 0 Å². The topological polar surface area (TPSA) is 21.3 Å². The molecule has 2 atom stereocenters. The summed E-state index contributed by atoms with van der Waals surface area (Å²) in [6.07, 6.45) is 2.59. The van der Waals surface area contributed by atoms with Gasteiger partial charge in [-0.3, -0.25) is 0 Å². The van der Waals surface area contributed by atoms with Gasteiger partial charge in [0.1, 0.15) is 0 Å². The molecule has 2 unspecified atom stereocenters. The highest BCUT2D eigenvalue weighted by Crippen LogP contribution is 2.18. The first-order valence-electron chi connectivity index (χ1n) is 7.28. The van der Waals surface area contributed by atoms with Gasteiger partial charge in [-0.1, -0.05) is 36.8 Å². The fourth-order valence-corrected chi connectivity index (χ4v) is 3.44. The van der Waals surface area contributed by atoms with Crippen molar-refractivity contribution in [3.05, 3.63) is 35.4 Å². The van der Waals surface area contributed by atoms with Crippen molar-refractivity contribution in [3.63, 3.8) is 0 Å². The predicted molar refractivity (Wildman–Crippen MR) is 84.0 cm³/mol. The molecule has 0 bridgehead atoms. The van der Waals surface area contributed by atoms with Crippen LogP contribution in [0.25, 0.3) is 0 Å². The average molecular weight is 279 g/mol. The minimum atomic E-state index is 0.353. The summed E-state index contributed by atoms with van der Waals surface area (Å²) < 4.78 is 5.96. The van der Waals surface area contributed by atoms with E-state index in [4.69, 9.17) is 4.74 Å². The van der Waals surface area contributed by atoms with Gasteiger partial charge in [-0.05, 0) is 31.9 Å². The molecule has 1 aliphatic heterocycles. The van der Waals surface area contributed by atoms with E-state index in [1.165, 1.54) is 17.5 Å². The number of aryl methyl sites for hydroxylation is 1. The van der Waals surface area contributed by atoms with Gasteiger partial charge in [0.15, 0.2) is 0 Å². The third-order valence-electron chi connectivity index (χ3n) is 3.49. The molecule has 0 spiro atoms. The monoisotopic (exact) mass is 279 g/mol. The molecule has 1 heterocycles. The summed E-state index contributed by atoms with van der Waals surface area (Å²) in [7, 11) is 0. The Morgan fingerprint density at radius 3 is 3.05 bits per heavy atom. The number of hydrogen-bond acceptors (Lipinski definition) is 3. The van der Waals surface area contributed by atoms with Crippen molar-refractivity contribution in [3.8, 4) is 0 Å². The second kappa shape index (κ2) is 7.93. The molecule has 3 heteroatoms. The Labute approximate surface area is 121 Å². The lowest BCUT2D eigenvalue weighted by Gasteiger charge is -2.31. The predicted octanol–water partition coefficient (Wildman–Crippen LogP) is 3.04. The van der Waals surface area contributed by atoms with Crippen molar-refractivity contribution in [2.45, 2.75) is 38.8 Å². The second-order valence-corrected chi connectivity index (χ2v) is 6.39. The zero-order chi connectivity index (χ0) is 13.5. The number of benzene rings is 1. The maximum Gasteiger partial charge on any atom is 0.0821 e. The van der Waals surface area contributed by atoms with E-state index in [9.17, 15) is 0 Å². The Balaban J connectivity index is 1.99. The molecule has 0 aliphatic carbocycles. The van der Waals surface area contributed by atoms with Crippen molar-refractivity contribution in [1.82, 2.24) is 5.32 Å². The van der Waals surface area contributed by atoms with Gasteiger partial charge in [-0.2, -0.15) is 11.8 Å². The zero-order valence-corrected chi connectivity index (χ0v) is 12.8. The molecule has 1 aliphatic rings. The molecular weight excluding hydrogens is 254 g/mol. The fraction of sp³-hybridized carbons (Fsp3) is 0.625. The van der Waals surface area contributed by atoms with E-state index in [0.29, 0.717) is 12.1 Å². The van der Waals surface area contributed by atoms with Gasteiger partial charge in [0.2, 0.25) is 0 Å². The van der Waals surface area contributed by atoms with Crippen molar-refractivity contribution in [2.75, 3.05) is 24.7 Å². The number of ether oxygens (including phenoxy) is 1. The number of rotatable bonds is 6. The molecule has 1 aromatic carbocycles. The molecule has 19 heavy (non-hydrogen) atoms. The minimum Gasteiger partial charge on any atom is -0.375 e. The Morgan fingerprint density at radius 1 is 1.47 bits per heavy atom. The largest absolute Gasteiger partial charge is 0.375 e. The second-order valence-electron chi connectivity index (χ2n) is 5.24. The minimum absolute atomic E-state index is 0.353. The lowest BCUT2D eigenvalue weighted by molar-refractivity contribution is 0.0472. The summed E-state index contributed by atoms with van der Waals surface area (Å²) >= 11 is 2.01. The van der Waals surface area contributed by atoms with Crippen molar-refractivity contribution < 1.29 is 4.74 Å². The summed E-state index contributed by atoms with van der Waals surface area (Å²) in [6, 6.07) is 9.26. The third kappa shape index (κ3) is 4.83. The lowest BCUT2D eigenvalue weighted by atomic mass is 10.00. The maximum absolute atomic E-state index is 5.96. The van der Waals surface area contributed by atoms with Crippen LogP contribution in [0, 0.1) is 6.92 Å².